The topological polar surface area (TPSA) is 139 Å². The molecule has 0 spiro atoms. The Balaban J connectivity index is 1.78. The van der Waals surface area contributed by atoms with Gasteiger partial charge in [-0.15, -0.1) is 0 Å². The normalized spacial score (nSPS) is 12.3. The molecule has 2 amide bonds. The molecule has 3 N–H and O–H groups in total. The van der Waals surface area contributed by atoms with Crippen LogP contribution >= 0.6 is 0 Å². The number of nitrogens with one attached hydrogen (secondary N) is 2. The maximum absolute atomic E-state index is 12.5. The largest absolute Gasteiger partial charge is 0.480 e. The van der Waals surface area contributed by atoms with Crippen LogP contribution in [0.4, 0.5) is 0 Å². The smallest absolute Gasteiger partial charge is 0.340 e. The molecule has 3 rings (SSSR count). The number of hydrogen-bond donors (Lipinski definition) is 3. The van der Waals surface area contributed by atoms with Crippen LogP contribution in [0, 0.1) is 26.7 Å². The average molecular weight is 442 g/mol. The molecule has 0 saturated carbocycles. The molecule has 0 aliphatic heterocycles. The number of carbonyl (C=O) groups is 3. The SMILES string of the molecule is Cc1oc2cc3oc(=O)c(CC(=O)NCC(=O)NC(C(=O)O)C(C)C)c(C)c3cc2c1C. The van der Waals surface area contributed by atoms with Crippen molar-refractivity contribution in [3.63, 3.8) is 0 Å². The summed E-state index contributed by atoms with van der Waals surface area (Å²) in [6.45, 7) is 8.47. The lowest BCUT2D eigenvalue weighted by Gasteiger charge is -2.18. The van der Waals surface area contributed by atoms with Crippen LogP contribution in [-0.4, -0.2) is 35.5 Å². The number of rotatable bonds is 7. The van der Waals surface area contributed by atoms with E-state index in [2.05, 4.69) is 10.6 Å². The van der Waals surface area contributed by atoms with E-state index in [9.17, 15) is 19.2 Å². The number of benzene rings is 1. The van der Waals surface area contributed by atoms with E-state index in [1.54, 1.807) is 26.8 Å². The zero-order valence-corrected chi connectivity index (χ0v) is 18.6. The molecule has 1 unspecified atom stereocenters. The molecule has 0 bridgehead atoms. The van der Waals surface area contributed by atoms with E-state index in [4.69, 9.17) is 13.9 Å². The van der Waals surface area contributed by atoms with Gasteiger partial charge in [-0.2, -0.15) is 0 Å². The Kier molecular flexibility index (Phi) is 6.38. The van der Waals surface area contributed by atoms with E-state index in [0.29, 0.717) is 22.1 Å². The third-order valence-electron chi connectivity index (χ3n) is 5.62. The number of carboxylic acids is 1. The molecule has 1 atom stereocenters. The standard InChI is InChI=1S/C23H26N2O7/c1-10(2)21(22(28)29)25-20(27)9-24-19(26)7-16-12(4)15-6-14-11(3)13(5)31-17(14)8-18(15)32-23(16)30/h6,8,10,21H,7,9H2,1-5H3,(H,24,26)(H,25,27)(H,28,29). The van der Waals surface area contributed by atoms with Crippen LogP contribution in [0.15, 0.2) is 25.8 Å². The van der Waals surface area contributed by atoms with Gasteiger partial charge in [0.15, 0.2) is 0 Å². The lowest BCUT2D eigenvalue weighted by atomic mass is 10.0. The third kappa shape index (κ3) is 4.51. The Bertz CT molecular complexity index is 1280. The summed E-state index contributed by atoms with van der Waals surface area (Å²) >= 11 is 0. The highest BCUT2D eigenvalue weighted by Gasteiger charge is 2.24. The summed E-state index contributed by atoms with van der Waals surface area (Å²) in [6, 6.07) is 2.49. The quantitative estimate of drug-likeness (QED) is 0.477. The summed E-state index contributed by atoms with van der Waals surface area (Å²) in [6.07, 6.45) is -0.272. The second kappa shape index (κ2) is 8.86. The number of hydrogen-bond acceptors (Lipinski definition) is 6. The predicted octanol–water partition coefficient (Wildman–Crippen LogP) is 2.35. The molecule has 0 saturated heterocycles. The molecule has 1 aromatic carbocycles. The second-order valence-corrected chi connectivity index (χ2v) is 8.20. The molecule has 0 aliphatic rings. The van der Waals surface area contributed by atoms with E-state index >= 15 is 0 Å². The number of carboxylic acid groups (broad SMARTS) is 1. The van der Waals surface area contributed by atoms with Crippen LogP contribution in [0.2, 0.25) is 0 Å². The van der Waals surface area contributed by atoms with Crippen LogP contribution in [0.1, 0.15) is 36.3 Å². The predicted molar refractivity (Wildman–Crippen MR) is 118 cm³/mol. The second-order valence-electron chi connectivity index (χ2n) is 8.20. The molecule has 0 aliphatic carbocycles. The van der Waals surface area contributed by atoms with Crippen molar-refractivity contribution < 1.29 is 28.3 Å². The highest BCUT2D eigenvalue weighted by molar-refractivity contribution is 5.97. The van der Waals surface area contributed by atoms with Crippen LogP contribution in [-0.2, 0) is 20.8 Å². The van der Waals surface area contributed by atoms with Gasteiger partial charge in [-0.3, -0.25) is 9.59 Å². The average Bonchev–Trinajstić information content (AvgIpc) is 2.99. The summed E-state index contributed by atoms with van der Waals surface area (Å²) in [7, 11) is 0. The van der Waals surface area contributed by atoms with E-state index in [0.717, 1.165) is 16.7 Å². The zero-order chi connectivity index (χ0) is 23.7. The molecule has 3 aromatic rings. The fourth-order valence-corrected chi connectivity index (χ4v) is 3.57. The Morgan fingerprint density at radius 1 is 0.969 bits per heavy atom. The van der Waals surface area contributed by atoms with Crippen LogP contribution in [0.25, 0.3) is 21.9 Å². The Labute approximate surface area is 183 Å². The Hall–Kier alpha value is -3.62. The van der Waals surface area contributed by atoms with Crippen molar-refractivity contribution in [3.8, 4) is 0 Å². The van der Waals surface area contributed by atoms with Crippen LogP contribution in [0.5, 0.6) is 0 Å². The molecule has 9 nitrogen and oxygen atoms in total. The number of amides is 2. The molecule has 2 aromatic heterocycles. The summed E-state index contributed by atoms with van der Waals surface area (Å²) in [5, 5.41) is 15.5. The highest BCUT2D eigenvalue weighted by Crippen LogP contribution is 2.30. The Morgan fingerprint density at radius 3 is 2.22 bits per heavy atom. The van der Waals surface area contributed by atoms with Crippen molar-refractivity contribution in [1.82, 2.24) is 10.6 Å². The van der Waals surface area contributed by atoms with Gasteiger partial charge in [0.1, 0.15) is 23.0 Å². The highest BCUT2D eigenvalue weighted by atomic mass is 16.4. The first-order valence-electron chi connectivity index (χ1n) is 10.2. The molecule has 0 radical (unpaired) electrons. The summed E-state index contributed by atoms with van der Waals surface area (Å²) in [4.78, 5) is 48.1. The number of furan rings is 1. The molecule has 32 heavy (non-hydrogen) atoms. The number of aliphatic carboxylic acids is 1. The first kappa shape index (κ1) is 23.1. The van der Waals surface area contributed by atoms with Gasteiger partial charge in [-0.05, 0) is 43.9 Å². The zero-order valence-electron chi connectivity index (χ0n) is 18.6. The van der Waals surface area contributed by atoms with Crippen LogP contribution in [0.3, 0.4) is 0 Å². The third-order valence-corrected chi connectivity index (χ3v) is 5.62. The van der Waals surface area contributed by atoms with Crippen molar-refractivity contribution in [2.75, 3.05) is 6.54 Å². The van der Waals surface area contributed by atoms with Gasteiger partial charge < -0.3 is 24.6 Å². The van der Waals surface area contributed by atoms with Gasteiger partial charge in [0.25, 0.3) is 0 Å². The maximum atomic E-state index is 12.5. The summed E-state index contributed by atoms with van der Waals surface area (Å²) in [5.41, 5.74) is 2.14. The van der Waals surface area contributed by atoms with Crippen molar-refractivity contribution in [3.05, 3.63) is 45.0 Å². The van der Waals surface area contributed by atoms with Crippen molar-refractivity contribution in [2.24, 2.45) is 5.92 Å². The van der Waals surface area contributed by atoms with Crippen molar-refractivity contribution >= 4 is 39.7 Å². The number of aryl methyl sites for hydroxylation is 3. The molecular formula is C23H26N2O7. The molecule has 9 heteroatoms. The van der Waals surface area contributed by atoms with Crippen molar-refractivity contribution in [2.45, 2.75) is 47.1 Å². The van der Waals surface area contributed by atoms with Gasteiger partial charge in [0, 0.05) is 16.8 Å². The first-order chi connectivity index (χ1) is 15.0. The lowest BCUT2D eigenvalue weighted by Crippen LogP contribution is -2.48. The van der Waals surface area contributed by atoms with Gasteiger partial charge in [-0.1, -0.05) is 13.8 Å². The molecule has 170 valence electrons. The van der Waals surface area contributed by atoms with Gasteiger partial charge in [-0.25, -0.2) is 9.59 Å². The monoisotopic (exact) mass is 442 g/mol. The lowest BCUT2D eigenvalue weighted by molar-refractivity contribution is -0.143. The van der Waals surface area contributed by atoms with E-state index in [1.165, 1.54) is 0 Å². The molecular weight excluding hydrogens is 416 g/mol. The van der Waals surface area contributed by atoms with Gasteiger partial charge in [0.05, 0.1) is 18.5 Å². The van der Waals surface area contributed by atoms with Crippen molar-refractivity contribution in [1.29, 1.82) is 0 Å². The van der Waals surface area contributed by atoms with Crippen LogP contribution < -0.4 is 16.3 Å². The first-order valence-corrected chi connectivity index (χ1v) is 10.2. The number of fused-ring (bicyclic) bond motifs is 2. The maximum Gasteiger partial charge on any atom is 0.340 e. The minimum atomic E-state index is -1.15. The summed E-state index contributed by atoms with van der Waals surface area (Å²) in [5.74, 6) is -1.87. The fraction of sp³-hybridized carbons (Fsp3) is 0.391. The van der Waals surface area contributed by atoms with E-state index in [1.807, 2.05) is 19.9 Å². The minimum absolute atomic E-state index is 0.193. The summed E-state index contributed by atoms with van der Waals surface area (Å²) < 4.78 is 11.1. The van der Waals surface area contributed by atoms with Gasteiger partial charge >= 0.3 is 11.6 Å². The molecule has 0 fully saturated rings. The van der Waals surface area contributed by atoms with E-state index in [-0.39, 0.29) is 17.9 Å². The Morgan fingerprint density at radius 2 is 1.59 bits per heavy atom. The minimum Gasteiger partial charge on any atom is -0.480 e. The van der Waals surface area contributed by atoms with E-state index < -0.39 is 36.0 Å². The molecule has 2 heterocycles. The van der Waals surface area contributed by atoms with Gasteiger partial charge in [0.2, 0.25) is 11.8 Å². The number of carbonyl (C=O) groups excluding carboxylic acids is 2. The fourth-order valence-electron chi connectivity index (χ4n) is 3.57.